The van der Waals surface area contributed by atoms with E-state index in [2.05, 4.69) is 31.6 Å². The molecule has 6 nitrogen and oxygen atoms in total. The minimum atomic E-state index is -3.37. The Hall–Kier alpha value is -1.80. The van der Waals surface area contributed by atoms with Gasteiger partial charge in [-0.3, -0.25) is 14.8 Å². The molecule has 26 heavy (non-hydrogen) atoms. The molecule has 0 aliphatic carbocycles. The molecule has 1 saturated heterocycles. The van der Waals surface area contributed by atoms with E-state index in [-0.39, 0.29) is 0 Å². The molecule has 1 aliphatic rings. The number of nitrogens with one attached hydrogen (secondary N) is 1. The van der Waals surface area contributed by atoms with Gasteiger partial charge in [0.2, 0.25) is 10.0 Å². The van der Waals surface area contributed by atoms with Gasteiger partial charge in [-0.2, -0.15) is 0 Å². The van der Waals surface area contributed by atoms with E-state index in [1.165, 1.54) is 12.6 Å². The number of nitrogens with zero attached hydrogens (tertiary/aromatic N) is 3. The maximum Gasteiger partial charge on any atom is 0.240 e. The van der Waals surface area contributed by atoms with E-state index in [4.69, 9.17) is 0 Å². The van der Waals surface area contributed by atoms with Crippen LogP contribution in [-0.2, 0) is 23.1 Å². The first kappa shape index (κ1) is 19.0. The van der Waals surface area contributed by atoms with Crippen molar-refractivity contribution >= 4 is 10.0 Å². The number of aromatic nitrogens is 1. The van der Waals surface area contributed by atoms with Gasteiger partial charge in [-0.25, -0.2) is 13.1 Å². The summed E-state index contributed by atoms with van der Waals surface area (Å²) in [7, 11) is -1.94. The van der Waals surface area contributed by atoms with Crippen LogP contribution in [0.4, 0.5) is 0 Å². The molecule has 3 rings (SSSR count). The van der Waals surface area contributed by atoms with Gasteiger partial charge in [0, 0.05) is 38.6 Å². The van der Waals surface area contributed by atoms with Gasteiger partial charge in [-0.05, 0) is 62.0 Å². The lowest BCUT2D eigenvalue weighted by Gasteiger charge is -2.22. The normalized spacial score (nSPS) is 17.1. The monoisotopic (exact) mass is 374 g/mol. The molecule has 140 valence electrons. The van der Waals surface area contributed by atoms with Crippen LogP contribution in [0.25, 0.3) is 0 Å². The fourth-order valence-electron chi connectivity index (χ4n) is 3.24. The zero-order valence-electron chi connectivity index (χ0n) is 15.1. The number of rotatable bonds is 6. The van der Waals surface area contributed by atoms with Crippen molar-refractivity contribution in [3.8, 4) is 0 Å². The molecule has 1 aromatic carbocycles. The summed E-state index contributed by atoms with van der Waals surface area (Å²) >= 11 is 0. The summed E-state index contributed by atoms with van der Waals surface area (Å²) in [6.45, 7) is 6.02. The number of hydrogen-bond donors (Lipinski definition) is 1. The first-order chi connectivity index (χ1) is 12.6. The molecule has 7 heteroatoms. The van der Waals surface area contributed by atoms with Gasteiger partial charge in [0.25, 0.3) is 0 Å². The molecule has 2 heterocycles. The van der Waals surface area contributed by atoms with Crippen molar-refractivity contribution in [3.05, 3.63) is 59.9 Å². The summed E-state index contributed by atoms with van der Waals surface area (Å²) in [5.74, 6) is 0. The number of hydrogen-bond acceptors (Lipinski definition) is 5. The van der Waals surface area contributed by atoms with E-state index in [1.54, 1.807) is 12.1 Å². The third-order valence-corrected chi connectivity index (χ3v) is 6.18. The van der Waals surface area contributed by atoms with Gasteiger partial charge < -0.3 is 0 Å². The largest absolute Gasteiger partial charge is 0.298 e. The molecular formula is C19H26N4O2S. The number of benzene rings is 1. The van der Waals surface area contributed by atoms with Crippen molar-refractivity contribution in [1.82, 2.24) is 19.5 Å². The maximum atomic E-state index is 11.8. The molecule has 0 unspecified atom stereocenters. The minimum Gasteiger partial charge on any atom is -0.298 e. The van der Waals surface area contributed by atoms with Crippen LogP contribution in [0.2, 0.25) is 0 Å². The van der Waals surface area contributed by atoms with Crippen LogP contribution in [0.5, 0.6) is 0 Å². The Morgan fingerprint density at radius 2 is 1.42 bits per heavy atom. The molecular weight excluding hydrogens is 348 g/mol. The second-order valence-electron chi connectivity index (χ2n) is 6.61. The van der Waals surface area contributed by atoms with Crippen molar-refractivity contribution < 1.29 is 8.42 Å². The van der Waals surface area contributed by atoms with Gasteiger partial charge in [0.05, 0.1) is 4.90 Å². The third-order valence-electron chi connectivity index (χ3n) is 4.75. The highest BCUT2D eigenvalue weighted by molar-refractivity contribution is 7.89. The van der Waals surface area contributed by atoms with Gasteiger partial charge in [-0.1, -0.05) is 12.1 Å². The molecule has 0 radical (unpaired) electrons. The van der Waals surface area contributed by atoms with E-state index >= 15 is 0 Å². The molecule has 0 spiro atoms. The van der Waals surface area contributed by atoms with Crippen LogP contribution in [0, 0.1) is 0 Å². The van der Waals surface area contributed by atoms with Crippen LogP contribution in [0.3, 0.4) is 0 Å². The Balaban J connectivity index is 1.55. The van der Waals surface area contributed by atoms with Crippen LogP contribution in [0.1, 0.15) is 17.5 Å². The lowest BCUT2D eigenvalue weighted by Crippen LogP contribution is -2.30. The summed E-state index contributed by atoms with van der Waals surface area (Å²) in [6, 6.07) is 11.3. The predicted molar refractivity (Wildman–Crippen MR) is 102 cm³/mol. The topological polar surface area (TPSA) is 65.5 Å². The molecule has 1 fully saturated rings. The minimum absolute atomic E-state index is 0.308. The Kier molecular flexibility index (Phi) is 6.37. The third kappa shape index (κ3) is 5.11. The highest BCUT2D eigenvalue weighted by Gasteiger charge is 2.16. The summed E-state index contributed by atoms with van der Waals surface area (Å²) in [5, 5.41) is 0. The SMILES string of the molecule is CNS(=O)(=O)c1ccc(CN2CCCN(Cc3ccncc3)CC2)cc1. The lowest BCUT2D eigenvalue weighted by molar-refractivity contribution is 0.247. The molecule has 0 bridgehead atoms. The smallest absolute Gasteiger partial charge is 0.240 e. The fraction of sp³-hybridized carbons (Fsp3) is 0.421. The van der Waals surface area contributed by atoms with E-state index in [0.717, 1.165) is 51.3 Å². The van der Waals surface area contributed by atoms with Crippen molar-refractivity contribution in [2.75, 3.05) is 33.2 Å². The zero-order valence-corrected chi connectivity index (χ0v) is 16.0. The van der Waals surface area contributed by atoms with E-state index in [0.29, 0.717) is 4.90 Å². The second kappa shape index (κ2) is 8.73. The highest BCUT2D eigenvalue weighted by Crippen LogP contribution is 2.14. The molecule has 1 aromatic heterocycles. The van der Waals surface area contributed by atoms with Gasteiger partial charge in [0.1, 0.15) is 0 Å². The van der Waals surface area contributed by atoms with E-state index < -0.39 is 10.0 Å². The predicted octanol–water partition coefficient (Wildman–Crippen LogP) is 1.70. The maximum absolute atomic E-state index is 11.8. The van der Waals surface area contributed by atoms with Crippen LogP contribution >= 0.6 is 0 Å². The molecule has 0 amide bonds. The molecule has 0 saturated carbocycles. The second-order valence-corrected chi connectivity index (χ2v) is 8.50. The molecule has 2 aromatic rings. The average Bonchev–Trinajstić information content (AvgIpc) is 2.88. The van der Waals surface area contributed by atoms with E-state index in [9.17, 15) is 8.42 Å². The quantitative estimate of drug-likeness (QED) is 0.834. The Labute approximate surface area is 155 Å². The molecule has 1 aliphatic heterocycles. The summed E-state index contributed by atoms with van der Waals surface area (Å²) in [5.41, 5.74) is 2.44. The van der Waals surface area contributed by atoms with E-state index in [1.807, 2.05) is 24.5 Å². The highest BCUT2D eigenvalue weighted by atomic mass is 32.2. The standard InChI is InChI=1S/C19H26N4O2S/c1-20-26(24,25)19-5-3-17(4-6-19)15-22-11-2-12-23(14-13-22)16-18-7-9-21-10-8-18/h3-10,20H,2,11-16H2,1H3. The van der Waals surface area contributed by atoms with Crippen molar-refractivity contribution in [2.24, 2.45) is 0 Å². The Morgan fingerprint density at radius 1 is 0.885 bits per heavy atom. The lowest BCUT2D eigenvalue weighted by atomic mass is 10.2. The first-order valence-electron chi connectivity index (χ1n) is 8.93. The summed E-state index contributed by atoms with van der Waals surface area (Å²) in [4.78, 5) is 9.31. The van der Waals surface area contributed by atoms with Crippen molar-refractivity contribution in [2.45, 2.75) is 24.4 Å². The average molecular weight is 375 g/mol. The van der Waals surface area contributed by atoms with Crippen LogP contribution in [0.15, 0.2) is 53.7 Å². The fourth-order valence-corrected chi connectivity index (χ4v) is 3.97. The molecule has 1 N–H and O–H groups in total. The summed E-state index contributed by atoms with van der Waals surface area (Å²) < 4.78 is 25.9. The molecule has 0 atom stereocenters. The van der Waals surface area contributed by atoms with Crippen molar-refractivity contribution in [3.63, 3.8) is 0 Å². The van der Waals surface area contributed by atoms with Gasteiger partial charge in [-0.15, -0.1) is 0 Å². The van der Waals surface area contributed by atoms with Crippen LogP contribution < -0.4 is 4.72 Å². The van der Waals surface area contributed by atoms with Gasteiger partial charge >= 0.3 is 0 Å². The summed E-state index contributed by atoms with van der Waals surface area (Å²) in [6.07, 6.45) is 4.83. The van der Waals surface area contributed by atoms with Gasteiger partial charge in [0.15, 0.2) is 0 Å². The zero-order chi connectivity index (χ0) is 18.4. The Bertz CT molecular complexity index is 794. The Morgan fingerprint density at radius 3 is 1.96 bits per heavy atom. The number of pyridine rings is 1. The van der Waals surface area contributed by atoms with Crippen LogP contribution in [-0.4, -0.2) is 56.4 Å². The number of sulfonamides is 1. The first-order valence-corrected chi connectivity index (χ1v) is 10.4. The van der Waals surface area contributed by atoms with Crippen molar-refractivity contribution in [1.29, 1.82) is 0 Å².